The molecule has 27 heavy (non-hydrogen) atoms. The van der Waals surface area contributed by atoms with E-state index in [0.717, 1.165) is 4.31 Å². The van der Waals surface area contributed by atoms with Crippen LogP contribution in [0.2, 0.25) is 0 Å². The zero-order chi connectivity index (χ0) is 19.8. The van der Waals surface area contributed by atoms with Crippen molar-refractivity contribution in [2.75, 3.05) is 21.9 Å². The van der Waals surface area contributed by atoms with E-state index >= 15 is 0 Å². The summed E-state index contributed by atoms with van der Waals surface area (Å²) in [7, 11) is -6.22. The van der Waals surface area contributed by atoms with E-state index in [1.807, 2.05) is 0 Å². The highest BCUT2D eigenvalue weighted by Gasteiger charge is 2.36. The van der Waals surface area contributed by atoms with Gasteiger partial charge in [-0.3, -0.25) is 9.52 Å². The first-order valence-corrected chi connectivity index (χ1v) is 11.1. The van der Waals surface area contributed by atoms with Gasteiger partial charge in [0.15, 0.2) is 0 Å². The molecule has 1 aliphatic heterocycles. The topological polar surface area (TPSA) is 110 Å². The standard InChI is InChI=1S/C17H18N2O6S2/c1-12-11-13(19-17(20)9-10-26(19,21)22)7-8-16(12)27(23,24)18-14-5-3-4-6-15(14)25-2/h3-8,11,18H,9-10H2,1-2H3. The minimum atomic E-state index is -3.94. The van der Waals surface area contributed by atoms with Crippen molar-refractivity contribution in [1.29, 1.82) is 0 Å². The summed E-state index contributed by atoms with van der Waals surface area (Å²) in [5.74, 6) is -0.415. The van der Waals surface area contributed by atoms with Gasteiger partial charge in [0.2, 0.25) is 15.9 Å². The molecular weight excluding hydrogens is 392 g/mol. The van der Waals surface area contributed by atoms with Crippen molar-refractivity contribution < 1.29 is 26.4 Å². The van der Waals surface area contributed by atoms with Crippen molar-refractivity contribution in [3.63, 3.8) is 0 Å². The van der Waals surface area contributed by atoms with Gasteiger partial charge in [0, 0.05) is 6.42 Å². The second kappa shape index (κ2) is 6.86. The summed E-state index contributed by atoms with van der Waals surface area (Å²) >= 11 is 0. The van der Waals surface area contributed by atoms with Gasteiger partial charge in [-0.25, -0.2) is 21.1 Å². The lowest BCUT2D eigenvalue weighted by Gasteiger charge is -2.17. The van der Waals surface area contributed by atoms with Crippen LogP contribution in [-0.2, 0) is 24.8 Å². The maximum atomic E-state index is 12.7. The SMILES string of the molecule is COc1ccccc1NS(=O)(=O)c1ccc(N2C(=O)CCS2(=O)=O)cc1C. The third-order valence-electron chi connectivity index (χ3n) is 4.11. The van der Waals surface area contributed by atoms with Crippen LogP contribution in [0.15, 0.2) is 47.4 Å². The number of ether oxygens (including phenoxy) is 1. The quantitative estimate of drug-likeness (QED) is 0.806. The molecule has 1 heterocycles. The number of nitrogens with one attached hydrogen (secondary N) is 1. The third-order valence-corrected chi connectivity index (χ3v) is 7.33. The Kier molecular flexibility index (Phi) is 4.87. The van der Waals surface area contributed by atoms with E-state index < -0.39 is 26.0 Å². The number of aryl methyl sites for hydroxylation is 1. The number of anilines is 2. The first-order valence-electron chi connectivity index (χ1n) is 7.98. The minimum Gasteiger partial charge on any atom is -0.495 e. The molecular formula is C17H18N2O6S2. The molecule has 0 aromatic heterocycles. The molecule has 0 spiro atoms. The van der Waals surface area contributed by atoms with Crippen LogP contribution in [0.25, 0.3) is 0 Å². The minimum absolute atomic E-state index is 0.0267. The van der Waals surface area contributed by atoms with Crippen molar-refractivity contribution >= 4 is 37.3 Å². The molecule has 10 heteroatoms. The Balaban J connectivity index is 1.97. The maximum Gasteiger partial charge on any atom is 0.262 e. The molecule has 0 atom stereocenters. The fourth-order valence-corrected chi connectivity index (χ4v) is 5.61. The molecule has 144 valence electrons. The number of sulfonamides is 2. The number of para-hydroxylation sites is 2. The van der Waals surface area contributed by atoms with Crippen LogP contribution in [0.4, 0.5) is 11.4 Å². The van der Waals surface area contributed by atoms with E-state index in [4.69, 9.17) is 4.74 Å². The largest absolute Gasteiger partial charge is 0.495 e. The lowest BCUT2D eigenvalue weighted by molar-refractivity contribution is -0.116. The first-order chi connectivity index (χ1) is 12.7. The van der Waals surface area contributed by atoms with Gasteiger partial charge in [0.1, 0.15) is 5.75 Å². The predicted octanol–water partition coefficient (Wildman–Crippen LogP) is 1.87. The highest BCUT2D eigenvalue weighted by atomic mass is 32.2. The Bertz CT molecular complexity index is 1110. The summed E-state index contributed by atoms with van der Waals surface area (Å²) in [5, 5.41) is 0. The molecule has 3 rings (SSSR count). The van der Waals surface area contributed by atoms with Crippen LogP contribution in [0, 0.1) is 6.92 Å². The number of methoxy groups -OCH3 is 1. The van der Waals surface area contributed by atoms with Crippen LogP contribution in [0.5, 0.6) is 5.75 Å². The summed E-state index contributed by atoms with van der Waals surface area (Å²) in [6.45, 7) is 1.54. The fourth-order valence-electron chi connectivity index (χ4n) is 2.86. The van der Waals surface area contributed by atoms with E-state index in [-0.39, 0.29) is 28.4 Å². The van der Waals surface area contributed by atoms with Gasteiger partial charge in [0.05, 0.1) is 29.1 Å². The van der Waals surface area contributed by atoms with Crippen LogP contribution in [-0.4, -0.2) is 35.6 Å². The molecule has 0 radical (unpaired) electrons. The monoisotopic (exact) mass is 410 g/mol. The summed E-state index contributed by atoms with van der Waals surface area (Å²) in [6, 6.07) is 10.5. The number of nitrogens with zero attached hydrogens (tertiary/aromatic N) is 1. The second-order valence-electron chi connectivity index (χ2n) is 5.98. The zero-order valence-electron chi connectivity index (χ0n) is 14.7. The van der Waals surface area contributed by atoms with Crippen molar-refractivity contribution in [1.82, 2.24) is 0 Å². The lowest BCUT2D eigenvalue weighted by Crippen LogP contribution is -2.29. The van der Waals surface area contributed by atoms with Crippen molar-refractivity contribution in [3.8, 4) is 5.75 Å². The fraction of sp³-hybridized carbons (Fsp3) is 0.235. The predicted molar refractivity (Wildman–Crippen MR) is 101 cm³/mol. The van der Waals surface area contributed by atoms with E-state index in [1.165, 1.54) is 32.2 Å². The van der Waals surface area contributed by atoms with Gasteiger partial charge < -0.3 is 4.74 Å². The summed E-state index contributed by atoms with van der Waals surface area (Å²) in [4.78, 5) is 11.9. The average molecular weight is 410 g/mol. The van der Waals surface area contributed by atoms with E-state index in [0.29, 0.717) is 11.3 Å². The molecule has 1 N–H and O–H groups in total. The first kappa shape index (κ1) is 19.2. The smallest absolute Gasteiger partial charge is 0.262 e. The number of rotatable bonds is 5. The molecule has 1 saturated heterocycles. The van der Waals surface area contributed by atoms with E-state index in [9.17, 15) is 21.6 Å². The molecule has 8 nitrogen and oxygen atoms in total. The zero-order valence-corrected chi connectivity index (χ0v) is 16.3. The Labute approximate surface area is 157 Å². The highest BCUT2D eigenvalue weighted by Crippen LogP contribution is 2.31. The summed E-state index contributed by atoms with van der Waals surface area (Å²) in [6.07, 6.45) is -0.0865. The molecule has 0 bridgehead atoms. The molecule has 1 amide bonds. The third kappa shape index (κ3) is 3.62. The van der Waals surface area contributed by atoms with Crippen molar-refractivity contribution in [2.45, 2.75) is 18.2 Å². The van der Waals surface area contributed by atoms with Gasteiger partial charge in [-0.05, 0) is 42.8 Å². The van der Waals surface area contributed by atoms with Gasteiger partial charge in [0.25, 0.3) is 10.0 Å². The van der Waals surface area contributed by atoms with Gasteiger partial charge in [-0.1, -0.05) is 12.1 Å². The van der Waals surface area contributed by atoms with Gasteiger partial charge in [-0.2, -0.15) is 0 Å². The number of hydrogen-bond acceptors (Lipinski definition) is 6. The van der Waals surface area contributed by atoms with Crippen molar-refractivity contribution in [2.24, 2.45) is 0 Å². The van der Waals surface area contributed by atoms with Crippen LogP contribution >= 0.6 is 0 Å². The lowest BCUT2D eigenvalue weighted by atomic mass is 10.2. The van der Waals surface area contributed by atoms with Crippen LogP contribution < -0.4 is 13.8 Å². The molecule has 1 aliphatic rings. The number of amides is 1. The Morgan fingerprint density at radius 2 is 1.85 bits per heavy atom. The Hall–Kier alpha value is -2.59. The molecule has 1 fully saturated rings. The average Bonchev–Trinajstić information content (AvgIpc) is 2.87. The number of carbonyl (C=O) groups is 1. The molecule has 0 aliphatic carbocycles. The molecule has 2 aromatic carbocycles. The van der Waals surface area contributed by atoms with Crippen LogP contribution in [0.1, 0.15) is 12.0 Å². The van der Waals surface area contributed by atoms with E-state index in [2.05, 4.69) is 4.72 Å². The van der Waals surface area contributed by atoms with Gasteiger partial charge in [-0.15, -0.1) is 0 Å². The van der Waals surface area contributed by atoms with Gasteiger partial charge >= 0.3 is 0 Å². The van der Waals surface area contributed by atoms with E-state index in [1.54, 1.807) is 24.3 Å². The second-order valence-corrected chi connectivity index (χ2v) is 9.57. The Morgan fingerprint density at radius 3 is 2.44 bits per heavy atom. The molecule has 2 aromatic rings. The molecule has 0 saturated carbocycles. The maximum absolute atomic E-state index is 12.7. The van der Waals surface area contributed by atoms with Crippen LogP contribution in [0.3, 0.4) is 0 Å². The number of hydrogen-bond donors (Lipinski definition) is 1. The highest BCUT2D eigenvalue weighted by molar-refractivity contribution is 7.94. The number of carbonyl (C=O) groups excluding carboxylic acids is 1. The normalized spacial score (nSPS) is 16.4. The van der Waals surface area contributed by atoms with Crippen molar-refractivity contribution in [3.05, 3.63) is 48.0 Å². The number of benzene rings is 2. The summed E-state index contributed by atoms with van der Waals surface area (Å²) < 4.78 is 57.9. The summed E-state index contributed by atoms with van der Waals surface area (Å²) in [5.41, 5.74) is 0.719. The Morgan fingerprint density at radius 1 is 1.15 bits per heavy atom. The molecule has 0 unspecified atom stereocenters.